The molecular formula is C17H23N5O2. The lowest BCUT2D eigenvalue weighted by atomic mass is 9.89. The van der Waals surface area contributed by atoms with Crippen molar-refractivity contribution in [3.8, 4) is 0 Å². The van der Waals surface area contributed by atoms with Gasteiger partial charge in [0.1, 0.15) is 11.3 Å². The summed E-state index contributed by atoms with van der Waals surface area (Å²) in [6.07, 6.45) is 9.54. The summed E-state index contributed by atoms with van der Waals surface area (Å²) in [5.41, 5.74) is 0.735. The maximum atomic E-state index is 12.7. The van der Waals surface area contributed by atoms with Crippen molar-refractivity contribution in [2.75, 3.05) is 13.1 Å². The molecular weight excluding hydrogens is 306 g/mol. The lowest BCUT2D eigenvalue weighted by molar-refractivity contribution is 0.210. The van der Waals surface area contributed by atoms with Gasteiger partial charge in [0.25, 0.3) is 0 Å². The topological polar surface area (TPSA) is 73.0 Å². The quantitative estimate of drug-likeness (QED) is 0.804. The van der Waals surface area contributed by atoms with E-state index < -0.39 is 0 Å². The van der Waals surface area contributed by atoms with Crippen molar-refractivity contribution in [2.45, 2.75) is 50.9 Å². The van der Waals surface area contributed by atoms with E-state index in [0.29, 0.717) is 30.2 Å². The Balaban J connectivity index is 1.77. The molecule has 24 heavy (non-hydrogen) atoms. The number of hydrogen-bond acceptors (Lipinski definition) is 4. The third-order valence-corrected chi connectivity index (χ3v) is 5.34. The number of likely N-dealkylation sites (tertiary alicyclic amines) is 1. The average Bonchev–Trinajstić information content (AvgIpc) is 3.24. The Hall–Kier alpha value is -2.18. The molecule has 2 aromatic rings. The van der Waals surface area contributed by atoms with Crippen molar-refractivity contribution in [3.05, 3.63) is 22.5 Å². The maximum Gasteiger partial charge on any atom is 0.338 e. The SMILES string of the molecule is Cn1c(=O)n(C(=O)N2CCCC2)c2cnc(C3CCCCC3)nc21. The number of fused-ring (bicyclic) bond motifs is 1. The number of hydrogen-bond donors (Lipinski definition) is 0. The Morgan fingerprint density at radius 1 is 1.12 bits per heavy atom. The Bertz CT molecular complexity index is 825. The zero-order valence-electron chi connectivity index (χ0n) is 14.1. The first kappa shape index (κ1) is 15.4. The van der Waals surface area contributed by atoms with Crippen LogP contribution in [0.4, 0.5) is 4.79 Å². The van der Waals surface area contributed by atoms with Crippen LogP contribution in [0.25, 0.3) is 11.2 Å². The van der Waals surface area contributed by atoms with E-state index in [0.717, 1.165) is 31.5 Å². The van der Waals surface area contributed by atoms with Gasteiger partial charge in [0.15, 0.2) is 5.65 Å². The zero-order valence-corrected chi connectivity index (χ0v) is 14.1. The minimum atomic E-state index is -0.336. The molecule has 2 fully saturated rings. The highest BCUT2D eigenvalue weighted by Crippen LogP contribution is 2.31. The predicted molar refractivity (Wildman–Crippen MR) is 90.2 cm³/mol. The number of imidazole rings is 1. The molecule has 128 valence electrons. The van der Waals surface area contributed by atoms with Gasteiger partial charge >= 0.3 is 11.7 Å². The number of aromatic nitrogens is 4. The van der Waals surface area contributed by atoms with Gasteiger partial charge in [-0.3, -0.25) is 4.57 Å². The Labute approximate surface area is 140 Å². The summed E-state index contributed by atoms with van der Waals surface area (Å²) in [6.45, 7) is 1.42. The number of nitrogens with zero attached hydrogens (tertiary/aromatic N) is 5. The fourth-order valence-electron chi connectivity index (χ4n) is 3.92. The van der Waals surface area contributed by atoms with E-state index >= 15 is 0 Å². The van der Waals surface area contributed by atoms with E-state index in [-0.39, 0.29) is 11.7 Å². The van der Waals surface area contributed by atoms with Crippen LogP contribution in [0.5, 0.6) is 0 Å². The minimum Gasteiger partial charge on any atom is -0.324 e. The average molecular weight is 329 g/mol. The summed E-state index contributed by atoms with van der Waals surface area (Å²) in [6, 6.07) is -0.253. The molecule has 0 N–H and O–H groups in total. The first-order valence-corrected chi connectivity index (χ1v) is 8.90. The molecule has 1 saturated carbocycles. The van der Waals surface area contributed by atoms with Gasteiger partial charge in [0.05, 0.1) is 6.20 Å². The molecule has 7 nitrogen and oxygen atoms in total. The molecule has 1 aliphatic carbocycles. The normalized spacial score (nSPS) is 19.3. The molecule has 0 spiro atoms. The molecule has 3 heterocycles. The van der Waals surface area contributed by atoms with Crippen LogP contribution in [0.1, 0.15) is 56.7 Å². The highest BCUT2D eigenvalue weighted by Gasteiger charge is 2.26. The minimum absolute atomic E-state index is 0.253. The zero-order chi connectivity index (χ0) is 16.7. The lowest BCUT2D eigenvalue weighted by Crippen LogP contribution is -2.38. The summed E-state index contributed by atoms with van der Waals surface area (Å²) >= 11 is 0. The molecule has 0 radical (unpaired) electrons. The second kappa shape index (κ2) is 6.03. The first-order chi connectivity index (χ1) is 11.7. The van der Waals surface area contributed by atoms with Crippen LogP contribution in [0.2, 0.25) is 0 Å². The molecule has 0 aromatic carbocycles. The maximum absolute atomic E-state index is 12.7. The van der Waals surface area contributed by atoms with E-state index in [4.69, 9.17) is 0 Å². The van der Waals surface area contributed by atoms with Crippen molar-refractivity contribution in [1.82, 2.24) is 24.0 Å². The van der Waals surface area contributed by atoms with Crippen LogP contribution >= 0.6 is 0 Å². The summed E-state index contributed by atoms with van der Waals surface area (Å²) < 4.78 is 2.70. The van der Waals surface area contributed by atoms with Gasteiger partial charge in [-0.15, -0.1) is 0 Å². The van der Waals surface area contributed by atoms with Gasteiger partial charge < -0.3 is 4.90 Å². The summed E-state index contributed by atoms with van der Waals surface area (Å²) in [4.78, 5) is 36.2. The monoisotopic (exact) mass is 329 g/mol. The van der Waals surface area contributed by atoms with E-state index in [1.165, 1.54) is 28.4 Å². The number of carbonyl (C=O) groups is 1. The first-order valence-electron chi connectivity index (χ1n) is 8.90. The Morgan fingerprint density at radius 3 is 2.54 bits per heavy atom. The predicted octanol–water partition coefficient (Wildman–Crippen LogP) is 2.24. The van der Waals surface area contributed by atoms with Crippen molar-refractivity contribution in [2.24, 2.45) is 7.05 Å². The van der Waals surface area contributed by atoms with Gasteiger partial charge in [-0.1, -0.05) is 19.3 Å². The van der Waals surface area contributed by atoms with Crippen molar-refractivity contribution in [1.29, 1.82) is 0 Å². The molecule has 1 amide bonds. The molecule has 1 saturated heterocycles. The second-order valence-electron chi connectivity index (χ2n) is 6.93. The number of amides is 1. The van der Waals surface area contributed by atoms with Gasteiger partial charge in [0.2, 0.25) is 0 Å². The largest absolute Gasteiger partial charge is 0.338 e. The van der Waals surface area contributed by atoms with Crippen LogP contribution in [0, 0.1) is 0 Å². The molecule has 1 aliphatic heterocycles. The lowest BCUT2D eigenvalue weighted by Gasteiger charge is -2.20. The Kier molecular flexibility index (Phi) is 3.86. The fraction of sp³-hybridized carbons (Fsp3) is 0.647. The molecule has 2 aromatic heterocycles. The van der Waals surface area contributed by atoms with Crippen LogP contribution < -0.4 is 5.69 Å². The number of rotatable bonds is 1. The molecule has 4 rings (SSSR count). The van der Waals surface area contributed by atoms with E-state index in [1.54, 1.807) is 18.1 Å². The van der Waals surface area contributed by atoms with Crippen molar-refractivity contribution in [3.63, 3.8) is 0 Å². The summed E-state index contributed by atoms with van der Waals surface area (Å²) in [7, 11) is 1.68. The van der Waals surface area contributed by atoms with Gasteiger partial charge in [0, 0.05) is 26.1 Å². The third-order valence-electron chi connectivity index (χ3n) is 5.34. The standard InChI is InChI=1S/C17H23N5O2/c1-20-15-13(11-18-14(19-15)12-7-3-2-4-8-12)22(16(20)23)17(24)21-9-5-6-10-21/h11-12H,2-10H2,1H3. The smallest absolute Gasteiger partial charge is 0.324 e. The van der Waals surface area contributed by atoms with Crippen LogP contribution in [0.15, 0.2) is 11.0 Å². The molecule has 0 atom stereocenters. The third kappa shape index (κ3) is 2.42. The number of aryl methyl sites for hydroxylation is 1. The van der Waals surface area contributed by atoms with Crippen molar-refractivity contribution >= 4 is 17.2 Å². The van der Waals surface area contributed by atoms with Crippen LogP contribution in [-0.4, -0.2) is 43.1 Å². The molecule has 2 aliphatic rings. The van der Waals surface area contributed by atoms with Gasteiger partial charge in [-0.05, 0) is 25.7 Å². The molecule has 0 unspecified atom stereocenters. The second-order valence-corrected chi connectivity index (χ2v) is 6.93. The summed E-state index contributed by atoms with van der Waals surface area (Å²) in [5.74, 6) is 1.18. The van der Waals surface area contributed by atoms with Crippen LogP contribution in [0.3, 0.4) is 0 Å². The Morgan fingerprint density at radius 2 is 1.83 bits per heavy atom. The van der Waals surface area contributed by atoms with E-state index in [1.807, 2.05) is 0 Å². The molecule has 7 heteroatoms. The van der Waals surface area contributed by atoms with E-state index in [9.17, 15) is 9.59 Å². The van der Waals surface area contributed by atoms with Gasteiger partial charge in [-0.25, -0.2) is 24.1 Å². The highest BCUT2D eigenvalue weighted by atomic mass is 16.2. The van der Waals surface area contributed by atoms with Crippen LogP contribution in [-0.2, 0) is 7.05 Å². The van der Waals surface area contributed by atoms with E-state index in [2.05, 4.69) is 9.97 Å². The highest BCUT2D eigenvalue weighted by molar-refractivity contribution is 5.87. The fourth-order valence-corrected chi connectivity index (χ4v) is 3.92. The molecule has 0 bridgehead atoms. The summed E-state index contributed by atoms with van der Waals surface area (Å²) in [5, 5.41) is 0. The van der Waals surface area contributed by atoms with Crippen molar-refractivity contribution < 1.29 is 4.79 Å². The van der Waals surface area contributed by atoms with Gasteiger partial charge in [-0.2, -0.15) is 0 Å². The number of carbonyl (C=O) groups excluding carboxylic acids is 1.